The molecular weight excluding hydrogens is 218 g/mol. The molecule has 0 unspecified atom stereocenters. The van der Waals surface area contributed by atoms with E-state index in [2.05, 4.69) is 48.1 Å². The summed E-state index contributed by atoms with van der Waals surface area (Å²) in [7, 11) is 2.08. The molecule has 4 heteroatoms. The molecule has 0 aromatic carbocycles. The van der Waals surface area contributed by atoms with E-state index < -0.39 is 0 Å². The minimum atomic E-state index is 0.510. The van der Waals surface area contributed by atoms with Crippen LogP contribution in [-0.4, -0.2) is 29.5 Å². The van der Waals surface area contributed by atoms with Gasteiger partial charge in [0.25, 0.3) is 0 Å². The zero-order valence-electron chi connectivity index (χ0n) is 10.4. The van der Waals surface area contributed by atoms with Crippen LogP contribution in [0.2, 0.25) is 0 Å². The number of nitrogens with one attached hydrogen (secondary N) is 1. The van der Waals surface area contributed by atoms with Gasteiger partial charge in [-0.3, -0.25) is 4.90 Å². The Morgan fingerprint density at radius 2 is 2.38 bits per heavy atom. The van der Waals surface area contributed by atoms with Gasteiger partial charge in [-0.2, -0.15) is 0 Å². The number of rotatable bonds is 7. The highest BCUT2D eigenvalue weighted by atomic mass is 32.1. The third-order valence-electron chi connectivity index (χ3n) is 2.13. The zero-order valence-corrected chi connectivity index (χ0v) is 11.2. The summed E-state index contributed by atoms with van der Waals surface area (Å²) in [5.74, 6) is 0. The molecule has 1 N–H and O–H groups in total. The third kappa shape index (κ3) is 4.88. The highest BCUT2D eigenvalue weighted by molar-refractivity contribution is 7.09. The second-order valence-corrected chi connectivity index (χ2v) is 5.20. The van der Waals surface area contributed by atoms with E-state index in [1.165, 1.54) is 0 Å². The van der Waals surface area contributed by atoms with Gasteiger partial charge in [0.15, 0.2) is 0 Å². The molecule has 90 valence electrons. The predicted molar refractivity (Wildman–Crippen MR) is 70.6 cm³/mol. The molecule has 1 heterocycles. The molecule has 1 aromatic rings. The fraction of sp³-hybridized carbons (Fsp3) is 0.583. The lowest BCUT2D eigenvalue weighted by Gasteiger charge is -2.11. The Hall–Kier alpha value is -0.710. The summed E-state index contributed by atoms with van der Waals surface area (Å²) in [6.07, 6.45) is 1.91. The summed E-state index contributed by atoms with van der Waals surface area (Å²) >= 11 is 1.73. The monoisotopic (exact) mass is 239 g/mol. The van der Waals surface area contributed by atoms with Gasteiger partial charge in [0, 0.05) is 31.1 Å². The van der Waals surface area contributed by atoms with Crippen molar-refractivity contribution in [3.8, 4) is 0 Å². The lowest BCUT2D eigenvalue weighted by Crippen LogP contribution is -2.22. The van der Waals surface area contributed by atoms with Crippen molar-refractivity contribution in [2.75, 3.05) is 13.6 Å². The number of hydrogen-bond donors (Lipinski definition) is 1. The first-order valence-corrected chi connectivity index (χ1v) is 6.46. The molecule has 0 aliphatic heterocycles. The largest absolute Gasteiger partial charge is 0.308 e. The van der Waals surface area contributed by atoms with Crippen molar-refractivity contribution in [2.24, 2.45) is 0 Å². The van der Waals surface area contributed by atoms with Crippen LogP contribution in [0.5, 0.6) is 0 Å². The molecule has 0 aliphatic rings. The van der Waals surface area contributed by atoms with Crippen molar-refractivity contribution in [3.05, 3.63) is 28.7 Å². The summed E-state index contributed by atoms with van der Waals surface area (Å²) in [5, 5.41) is 6.67. The zero-order chi connectivity index (χ0) is 12.0. The maximum Gasteiger partial charge on any atom is 0.107 e. The summed E-state index contributed by atoms with van der Waals surface area (Å²) in [6.45, 7) is 10.7. The standard InChI is InChI=1S/C12H21N3S/c1-5-6-15(4)8-11-9-16-12(14-11)7-13-10(2)3/h5,9-10,13H,1,6-8H2,2-4H3. The van der Waals surface area contributed by atoms with Crippen molar-refractivity contribution in [1.29, 1.82) is 0 Å². The molecule has 0 spiro atoms. The number of hydrogen-bond acceptors (Lipinski definition) is 4. The molecule has 0 bridgehead atoms. The van der Waals surface area contributed by atoms with Gasteiger partial charge in [0.1, 0.15) is 5.01 Å². The predicted octanol–water partition coefficient (Wildman–Crippen LogP) is 2.26. The molecule has 16 heavy (non-hydrogen) atoms. The van der Waals surface area contributed by atoms with Crippen molar-refractivity contribution in [2.45, 2.75) is 33.0 Å². The normalized spacial score (nSPS) is 11.3. The summed E-state index contributed by atoms with van der Waals surface area (Å²) in [5.41, 5.74) is 1.15. The average Bonchev–Trinajstić information content (AvgIpc) is 2.63. The SMILES string of the molecule is C=CCN(C)Cc1csc(CNC(C)C)n1. The molecule has 1 rings (SSSR count). The molecule has 0 saturated heterocycles. The molecule has 3 nitrogen and oxygen atoms in total. The Bertz CT molecular complexity index is 320. The third-order valence-corrected chi connectivity index (χ3v) is 3.03. The summed E-state index contributed by atoms with van der Waals surface area (Å²) in [6, 6.07) is 0.510. The van der Waals surface area contributed by atoms with E-state index in [1.807, 2.05) is 6.08 Å². The van der Waals surface area contributed by atoms with Crippen molar-refractivity contribution >= 4 is 11.3 Å². The van der Waals surface area contributed by atoms with Crippen LogP contribution in [0.25, 0.3) is 0 Å². The number of aromatic nitrogens is 1. The Kier molecular flexibility index (Phi) is 5.66. The van der Waals surface area contributed by atoms with Gasteiger partial charge in [-0.15, -0.1) is 17.9 Å². The van der Waals surface area contributed by atoms with E-state index in [4.69, 9.17) is 0 Å². The Morgan fingerprint density at radius 1 is 1.62 bits per heavy atom. The first-order chi connectivity index (χ1) is 7.61. The van der Waals surface area contributed by atoms with Gasteiger partial charge in [-0.05, 0) is 7.05 Å². The lowest BCUT2D eigenvalue weighted by molar-refractivity contribution is 0.359. The van der Waals surface area contributed by atoms with Crippen LogP contribution in [0.1, 0.15) is 24.5 Å². The number of likely N-dealkylation sites (N-methyl/N-ethyl adjacent to an activating group) is 1. The molecule has 0 fully saturated rings. The van der Waals surface area contributed by atoms with E-state index in [1.54, 1.807) is 11.3 Å². The van der Waals surface area contributed by atoms with Crippen LogP contribution in [0.4, 0.5) is 0 Å². The molecule has 0 radical (unpaired) electrons. The molecule has 0 aliphatic carbocycles. The van der Waals surface area contributed by atoms with Gasteiger partial charge < -0.3 is 5.32 Å². The van der Waals surface area contributed by atoms with Gasteiger partial charge in [-0.1, -0.05) is 19.9 Å². The highest BCUT2D eigenvalue weighted by Crippen LogP contribution is 2.11. The van der Waals surface area contributed by atoms with Crippen LogP contribution < -0.4 is 5.32 Å². The van der Waals surface area contributed by atoms with Crippen molar-refractivity contribution < 1.29 is 0 Å². The average molecular weight is 239 g/mol. The van der Waals surface area contributed by atoms with Crippen LogP contribution in [-0.2, 0) is 13.1 Å². The maximum absolute atomic E-state index is 4.58. The minimum absolute atomic E-state index is 0.510. The quantitative estimate of drug-likeness (QED) is 0.740. The Labute approximate surface area is 102 Å². The Morgan fingerprint density at radius 3 is 3.00 bits per heavy atom. The smallest absolute Gasteiger partial charge is 0.107 e. The van der Waals surface area contributed by atoms with E-state index in [0.29, 0.717) is 6.04 Å². The fourth-order valence-electron chi connectivity index (χ4n) is 1.36. The van der Waals surface area contributed by atoms with Crippen LogP contribution in [0.15, 0.2) is 18.0 Å². The topological polar surface area (TPSA) is 28.2 Å². The number of nitrogens with zero attached hydrogens (tertiary/aromatic N) is 2. The molecule has 0 amide bonds. The molecule has 0 atom stereocenters. The second-order valence-electron chi connectivity index (χ2n) is 4.25. The second kappa shape index (κ2) is 6.78. The van der Waals surface area contributed by atoms with Gasteiger partial charge in [0.05, 0.1) is 5.69 Å². The van der Waals surface area contributed by atoms with Crippen LogP contribution in [0.3, 0.4) is 0 Å². The molecule has 1 aromatic heterocycles. The Balaban J connectivity index is 2.41. The van der Waals surface area contributed by atoms with E-state index in [-0.39, 0.29) is 0 Å². The fourth-order valence-corrected chi connectivity index (χ4v) is 2.09. The summed E-state index contributed by atoms with van der Waals surface area (Å²) < 4.78 is 0. The van der Waals surface area contributed by atoms with Crippen molar-refractivity contribution in [3.63, 3.8) is 0 Å². The maximum atomic E-state index is 4.58. The van der Waals surface area contributed by atoms with E-state index in [0.717, 1.165) is 30.3 Å². The van der Waals surface area contributed by atoms with Gasteiger partial charge in [0.2, 0.25) is 0 Å². The van der Waals surface area contributed by atoms with E-state index in [9.17, 15) is 0 Å². The first-order valence-electron chi connectivity index (χ1n) is 5.58. The number of thiazole rings is 1. The van der Waals surface area contributed by atoms with Gasteiger partial charge >= 0.3 is 0 Å². The van der Waals surface area contributed by atoms with Gasteiger partial charge in [-0.25, -0.2) is 4.98 Å². The highest BCUT2D eigenvalue weighted by Gasteiger charge is 2.04. The van der Waals surface area contributed by atoms with E-state index >= 15 is 0 Å². The van der Waals surface area contributed by atoms with Crippen LogP contribution >= 0.6 is 11.3 Å². The molecular formula is C12H21N3S. The summed E-state index contributed by atoms with van der Waals surface area (Å²) in [4.78, 5) is 6.78. The molecule has 0 saturated carbocycles. The van der Waals surface area contributed by atoms with Crippen molar-refractivity contribution in [1.82, 2.24) is 15.2 Å². The minimum Gasteiger partial charge on any atom is -0.308 e. The lowest BCUT2D eigenvalue weighted by atomic mass is 10.4. The first kappa shape index (κ1) is 13.4. The van der Waals surface area contributed by atoms with Crippen LogP contribution in [0, 0.1) is 0 Å².